The molecule has 3 aromatic rings. The predicted molar refractivity (Wildman–Crippen MR) is 132 cm³/mol. The summed E-state index contributed by atoms with van der Waals surface area (Å²) in [4.78, 5) is 40.9. The van der Waals surface area contributed by atoms with Crippen molar-refractivity contribution in [1.82, 2.24) is 10.0 Å². The second-order valence-electron chi connectivity index (χ2n) is 9.59. The highest BCUT2D eigenvalue weighted by atomic mass is 28.3. The maximum Gasteiger partial charge on any atom is 0.276 e. The molecule has 34 heavy (non-hydrogen) atoms. The van der Waals surface area contributed by atoms with E-state index in [9.17, 15) is 14.4 Å². The van der Waals surface area contributed by atoms with Gasteiger partial charge in [0.2, 0.25) is 5.78 Å². The van der Waals surface area contributed by atoms with Gasteiger partial charge in [0.1, 0.15) is 8.07 Å². The molecule has 0 spiro atoms. The summed E-state index contributed by atoms with van der Waals surface area (Å²) in [5.41, 5.74) is 4.14. The fraction of sp³-hybridized carbons (Fsp3) is 0.179. The predicted octanol–water partition coefficient (Wildman–Crippen LogP) is 4.60. The van der Waals surface area contributed by atoms with Crippen molar-refractivity contribution < 1.29 is 14.4 Å². The minimum atomic E-state index is -1.85. The molecule has 0 bridgehead atoms. The van der Waals surface area contributed by atoms with E-state index in [2.05, 4.69) is 31.1 Å². The van der Waals surface area contributed by atoms with Crippen molar-refractivity contribution in [2.45, 2.75) is 31.2 Å². The third-order valence-electron chi connectivity index (χ3n) is 6.15. The summed E-state index contributed by atoms with van der Waals surface area (Å²) >= 11 is 0. The molecule has 2 amide bonds. The summed E-state index contributed by atoms with van der Waals surface area (Å²) in [5, 5.41) is 2.77. The van der Waals surface area contributed by atoms with Gasteiger partial charge in [-0.15, -0.1) is 5.54 Å². The molecule has 0 aliphatic carbocycles. The van der Waals surface area contributed by atoms with Crippen molar-refractivity contribution in [3.63, 3.8) is 0 Å². The summed E-state index contributed by atoms with van der Waals surface area (Å²) in [6.45, 7) is 6.23. The number of hydrogen-bond donors (Lipinski definition) is 0. The van der Waals surface area contributed by atoms with E-state index in [1.807, 2.05) is 60.7 Å². The van der Waals surface area contributed by atoms with E-state index >= 15 is 0 Å². The number of carbonyl (C=O) groups is 3. The largest absolute Gasteiger partial charge is 0.282 e. The highest BCUT2D eigenvalue weighted by molar-refractivity contribution is 6.84. The number of rotatable bonds is 4. The fourth-order valence-electron chi connectivity index (χ4n) is 4.62. The van der Waals surface area contributed by atoms with Crippen molar-refractivity contribution in [2.75, 3.05) is 0 Å². The van der Waals surface area contributed by atoms with E-state index in [0.717, 1.165) is 10.6 Å². The Kier molecular flexibility index (Phi) is 5.12. The fourth-order valence-corrected chi connectivity index (χ4v) is 5.11. The molecule has 5 nitrogen and oxygen atoms in total. The molecule has 168 valence electrons. The summed E-state index contributed by atoms with van der Waals surface area (Å²) in [7, 11) is -1.85. The quantitative estimate of drug-likeness (QED) is 0.245. The third-order valence-corrected chi connectivity index (χ3v) is 7.02. The molecular weight excluding hydrogens is 440 g/mol. The van der Waals surface area contributed by atoms with E-state index in [1.54, 1.807) is 29.3 Å². The lowest BCUT2D eigenvalue weighted by Gasteiger charge is -2.21. The Bertz CT molecular complexity index is 1330. The maximum absolute atomic E-state index is 14.0. The second-order valence-corrected chi connectivity index (χ2v) is 14.3. The number of amides is 2. The molecular formula is C28H24N2O3Si. The first kappa shape index (κ1) is 22.0. The molecule has 0 N–H and O–H groups in total. The molecule has 0 saturated carbocycles. The van der Waals surface area contributed by atoms with E-state index in [0.29, 0.717) is 16.7 Å². The van der Waals surface area contributed by atoms with Gasteiger partial charge < -0.3 is 0 Å². The van der Waals surface area contributed by atoms with Crippen LogP contribution in [0.1, 0.15) is 37.9 Å². The minimum absolute atomic E-state index is 0.313. The van der Waals surface area contributed by atoms with Crippen LogP contribution in [-0.4, -0.2) is 35.7 Å². The van der Waals surface area contributed by atoms with Crippen molar-refractivity contribution >= 4 is 25.7 Å². The first-order chi connectivity index (χ1) is 16.3. The van der Waals surface area contributed by atoms with Crippen molar-refractivity contribution in [1.29, 1.82) is 0 Å². The van der Waals surface area contributed by atoms with Gasteiger partial charge in [0.25, 0.3) is 11.8 Å². The number of nitrogens with zero attached hydrogens (tertiary/aromatic N) is 2. The van der Waals surface area contributed by atoms with Crippen molar-refractivity contribution in [3.8, 4) is 11.5 Å². The Morgan fingerprint density at radius 1 is 0.794 bits per heavy atom. The number of Topliss-reactive ketones (excluding diaryl/α,β-unsaturated/α-hetero) is 1. The van der Waals surface area contributed by atoms with Gasteiger partial charge in [-0.25, -0.2) is 0 Å². The van der Waals surface area contributed by atoms with Gasteiger partial charge in [-0.3, -0.25) is 14.4 Å². The number of fused-ring (bicyclic) bond motifs is 1. The van der Waals surface area contributed by atoms with Crippen molar-refractivity contribution in [2.24, 2.45) is 0 Å². The summed E-state index contributed by atoms with van der Waals surface area (Å²) in [5.74, 6) is 1.75. The zero-order valence-electron chi connectivity index (χ0n) is 19.3. The summed E-state index contributed by atoms with van der Waals surface area (Å²) in [6, 6.07) is 25.1. The molecule has 5 rings (SSSR count). The average molecular weight is 465 g/mol. The van der Waals surface area contributed by atoms with E-state index in [1.165, 1.54) is 0 Å². The highest BCUT2D eigenvalue weighted by Gasteiger charge is 2.74. The van der Waals surface area contributed by atoms with Crippen LogP contribution in [0, 0.1) is 11.5 Å². The zero-order chi connectivity index (χ0) is 24.1. The molecule has 1 unspecified atom stereocenters. The monoisotopic (exact) mass is 464 g/mol. The minimum Gasteiger partial charge on any atom is -0.282 e. The van der Waals surface area contributed by atoms with Gasteiger partial charge >= 0.3 is 0 Å². The first-order valence-electron chi connectivity index (χ1n) is 11.2. The topological polar surface area (TPSA) is 57.5 Å². The summed E-state index contributed by atoms with van der Waals surface area (Å²) < 4.78 is 0. The number of benzene rings is 3. The van der Waals surface area contributed by atoms with Gasteiger partial charge in [-0.05, 0) is 29.2 Å². The lowest BCUT2D eigenvalue weighted by molar-refractivity contribution is -0.118. The molecule has 6 heteroatoms. The Morgan fingerprint density at radius 2 is 1.29 bits per heavy atom. The van der Waals surface area contributed by atoms with Crippen LogP contribution in [0.25, 0.3) is 0 Å². The smallest absolute Gasteiger partial charge is 0.276 e. The van der Waals surface area contributed by atoms with Crippen LogP contribution >= 0.6 is 0 Å². The molecule has 2 aliphatic rings. The lowest BCUT2D eigenvalue weighted by Crippen LogP contribution is -2.41. The Balaban J connectivity index is 1.72. The van der Waals surface area contributed by atoms with Crippen molar-refractivity contribution in [3.05, 3.63) is 107 Å². The molecule has 2 heterocycles. The van der Waals surface area contributed by atoms with Crippen LogP contribution < -0.4 is 0 Å². The van der Waals surface area contributed by atoms with Crippen LogP contribution in [0.15, 0.2) is 84.9 Å². The van der Waals surface area contributed by atoms with Crippen LogP contribution in [-0.2, 0) is 10.3 Å². The van der Waals surface area contributed by atoms with E-state index in [4.69, 9.17) is 0 Å². The molecule has 3 aromatic carbocycles. The van der Waals surface area contributed by atoms with Gasteiger partial charge in [-0.2, -0.15) is 10.0 Å². The molecule has 1 fully saturated rings. The third kappa shape index (κ3) is 3.33. The first-order valence-corrected chi connectivity index (χ1v) is 14.7. The lowest BCUT2D eigenvalue weighted by atomic mass is 9.88. The standard InChI is InChI=1S/C28H24N2O3Si/c1-34(2,3)19-18-24(31)28(21-14-8-5-9-15-21)25(20-12-6-4-7-13-20)30(28)29-26(32)22-16-10-11-17-23(22)27(29)33/h4-17,25H,1-3H3/t25-,28-,30?/m0/s1. The van der Waals surface area contributed by atoms with Crippen LogP contribution in [0.2, 0.25) is 19.6 Å². The second kappa shape index (κ2) is 7.91. The Morgan fingerprint density at radius 3 is 1.82 bits per heavy atom. The number of hydrazine groups is 1. The normalized spacial score (nSPS) is 23.2. The van der Waals surface area contributed by atoms with Crippen LogP contribution in [0.3, 0.4) is 0 Å². The number of carbonyl (C=O) groups excluding carboxylic acids is 3. The van der Waals surface area contributed by atoms with Gasteiger partial charge in [0, 0.05) is 0 Å². The van der Waals surface area contributed by atoms with Crippen LogP contribution in [0.5, 0.6) is 0 Å². The van der Waals surface area contributed by atoms with E-state index < -0.39 is 31.5 Å². The van der Waals surface area contributed by atoms with Gasteiger partial charge in [-0.1, -0.05) is 92.4 Å². The van der Waals surface area contributed by atoms with E-state index in [-0.39, 0.29) is 5.78 Å². The molecule has 2 aliphatic heterocycles. The van der Waals surface area contributed by atoms with Crippen LogP contribution in [0.4, 0.5) is 0 Å². The number of imide groups is 1. The van der Waals surface area contributed by atoms with Gasteiger partial charge in [0.15, 0.2) is 5.54 Å². The average Bonchev–Trinajstić information content (AvgIpc) is 3.46. The summed E-state index contributed by atoms with van der Waals surface area (Å²) in [6.07, 6.45) is 0. The zero-order valence-corrected chi connectivity index (χ0v) is 20.3. The molecule has 3 atom stereocenters. The Hall–Kier alpha value is -3.79. The number of ketones is 1. The SMILES string of the molecule is C[Si](C)(C)C#CC(=O)[C@@]1(c2ccccc2)[C@H](c2ccccc2)N1N1C(=O)c2ccccc2C1=O. The number of hydrogen-bond acceptors (Lipinski definition) is 4. The molecule has 0 aromatic heterocycles. The van der Waals surface area contributed by atoms with Gasteiger partial charge in [0.05, 0.1) is 17.2 Å². The Labute approximate surface area is 200 Å². The maximum atomic E-state index is 14.0. The molecule has 1 saturated heterocycles. The highest BCUT2D eigenvalue weighted by Crippen LogP contribution is 2.62. The molecule has 0 radical (unpaired) electrons.